The van der Waals surface area contributed by atoms with Crippen LogP contribution in [0.25, 0.3) is 11.3 Å². The zero-order valence-electron chi connectivity index (χ0n) is 24.4. The summed E-state index contributed by atoms with van der Waals surface area (Å²) >= 11 is 5.89. The van der Waals surface area contributed by atoms with Crippen LogP contribution in [0.5, 0.6) is 5.75 Å². The van der Waals surface area contributed by atoms with Gasteiger partial charge in [-0.1, -0.05) is 41.9 Å². The largest absolute Gasteiger partial charge is 0.489 e. The summed E-state index contributed by atoms with van der Waals surface area (Å²) in [5.74, 6) is -0.0595. The molecule has 0 unspecified atom stereocenters. The summed E-state index contributed by atoms with van der Waals surface area (Å²) in [5, 5.41) is 5.74. The lowest BCUT2D eigenvalue weighted by atomic mass is 9.89. The second kappa shape index (κ2) is 12.0. The molecule has 45 heavy (non-hydrogen) atoms. The van der Waals surface area contributed by atoms with Crippen LogP contribution in [0.4, 0.5) is 11.6 Å². The van der Waals surface area contributed by atoms with Crippen LogP contribution in [-0.4, -0.2) is 64.7 Å². The first-order valence-corrected chi connectivity index (χ1v) is 16.0. The van der Waals surface area contributed by atoms with Crippen molar-refractivity contribution in [3.05, 3.63) is 82.8 Å². The molecule has 2 aromatic heterocycles. The summed E-state index contributed by atoms with van der Waals surface area (Å²) in [5.41, 5.74) is 14.8. The third-order valence-corrected chi connectivity index (χ3v) is 10.2. The van der Waals surface area contributed by atoms with Crippen LogP contribution in [0.15, 0.2) is 70.6 Å². The number of halogens is 1. The average molecular weight is 650 g/mol. The molecule has 4 aromatic rings. The van der Waals surface area contributed by atoms with Crippen molar-refractivity contribution in [3.63, 3.8) is 0 Å². The second-order valence-corrected chi connectivity index (χ2v) is 13.3. The number of aliphatic imine (C=N–C) groups is 1. The fourth-order valence-corrected chi connectivity index (χ4v) is 6.95. The van der Waals surface area contributed by atoms with Gasteiger partial charge in [0.05, 0.1) is 17.0 Å². The van der Waals surface area contributed by atoms with Crippen LogP contribution in [-0.2, 0) is 16.6 Å². The average Bonchev–Trinajstić information content (AvgIpc) is 3.61. The Bertz CT molecular complexity index is 1870. The van der Waals surface area contributed by atoms with Crippen molar-refractivity contribution in [2.24, 2.45) is 4.99 Å². The highest BCUT2D eigenvalue weighted by atomic mass is 35.5. The number of hydrogen-bond donors (Lipinski definition) is 5. The van der Waals surface area contributed by atoms with Crippen molar-refractivity contribution in [1.82, 2.24) is 29.9 Å². The first-order valence-electron chi connectivity index (χ1n) is 14.2. The lowest BCUT2D eigenvalue weighted by Crippen LogP contribution is -2.56. The van der Waals surface area contributed by atoms with Gasteiger partial charge in [-0.05, 0) is 55.7 Å². The standard InChI is InChI=1S/C30H32ClN9O4S/c1-18-20(15-23(35-18)19-5-3-2-4-6-19)16-44-21-7-9-22(10-8-21)45(42,43)40-13-11-30(12-14-40)17-34-29(39-30)38-28(41)24-26(32)37-27(33)25(31)36-24/h2-10,15,35H,11-14,16-17H2,1H3,(H4,32,33,37)(H2,34,38,39,41). The smallest absolute Gasteiger partial charge is 0.280 e. The minimum atomic E-state index is -3.72. The Balaban J connectivity index is 1.02. The van der Waals surface area contributed by atoms with Gasteiger partial charge in [0, 0.05) is 30.0 Å². The number of piperidine rings is 1. The zero-order valence-corrected chi connectivity index (χ0v) is 26.0. The molecule has 0 saturated carbocycles. The molecule has 4 heterocycles. The molecule has 7 N–H and O–H groups in total. The Kier molecular flexibility index (Phi) is 8.12. The van der Waals surface area contributed by atoms with E-state index >= 15 is 0 Å². The number of benzene rings is 2. The van der Waals surface area contributed by atoms with Gasteiger partial charge >= 0.3 is 0 Å². The molecule has 13 nitrogen and oxygen atoms in total. The van der Waals surface area contributed by atoms with E-state index in [-0.39, 0.29) is 46.4 Å². The Morgan fingerprint density at radius 1 is 1.07 bits per heavy atom. The van der Waals surface area contributed by atoms with Crippen LogP contribution < -0.4 is 26.8 Å². The van der Waals surface area contributed by atoms with Crippen LogP contribution in [0, 0.1) is 6.92 Å². The van der Waals surface area contributed by atoms with Gasteiger partial charge in [-0.3, -0.25) is 15.1 Å². The van der Waals surface area contributed by atoms with E-state index in [9.17, 15) is 13.2 Å². The van der Waals surface area contributed by atoms with Gasteiger partial charge in [-0.2, -0.15) is 4.31 Å². The number of rotatable bonds is 7. The second-order valence-electron chi connectivity index (χ2n) is 11.0. The minimum Gasteiger partial charge on any atom is -0.489 e. The molecular formula is C30H32ClN9O4S. The number of aromatic nitrogens is 3. The van der Waals surface area contributed by atoms with Crippen molar-refractivity contribution < 1.29 is 17.9 Å². The van der Waals surface area contributed by atoms with E-state index in [2.05, 4.69) is 36.6 Å². The Hall–Kier alpha value is -4.66. The molecule has 0 aliphatic carbocycles. The summed E-state index contributed by atoms with van der Waals surface area (Å²) in [7, 11) is -3.72. The number of hydrogen-bond acceptors (Lipinski definition) is 10. The van der Waals surface area contributed by atoms with Crippen molar-refractivity contribution in [2.45, 2.75) is 36.8 Å². The number of nitrogens with zero attached hydrogens (tertiary/aromatic N) is 4. The molecule has 0 radical (unpaired) electrons. The van der Waals surface area contributed by atoms with E-state index in [1.54, 1.807) is 24.3 Å². The number of aromatic amines is 1. The zero-order chi connectivity index (χ0) is 31.8. The Morgan fingerprint density at radius 2 is 1.78 bits per heavy atom. The number of sulfonamides is 1. The molecule has 1 amide bonds. The van der Waals surface area contributed by atoms with Crippen LogP contribution in [0.1, 0.15) is 34.6 Å². The van der Waals surface area contributed by atoms with Gasteiger partial charge in [0.2, 0.25) is 10.0 Å². The van der Waals surface area contributed by atoms with Crippen molar-refractivity contribution in [3.8, 4) is 17.0 Å². The molecular weight excluding hydrogens is 618 g/mol. The number of nitrogens with two attached hydrogens (primary N) is 2. The number of carbonyl (C=O) groups is 1. The maximum atomic E-state index is 13.4. The summed E-state index contributed by atoms with van der Waals surface area (Å²) in [6.07, 6.45) is 0.986. The van der Waals surface area contributed by atoms with E-state index in [1.165, 1.54) is 4.31 Å². The summed E-state index contributed by atoms with van der Waals surface area (Å²) in [6, 6.07) is 18.6. The maximum absolute atomic E-state index is 13.4. The van der Waals surface area contributed by atoms with Crippen LogP contribution >= 0.6 is 11.6 Å². The molecule has 2 aromatic carbocycles. The quantitative estimate of drug-likeness (QED) is 0.200. The van der Waals surface area contributed by atoms with E-state index < -0.39 is 21.5 Å². The number of aryl methyl sites for hydroxylation is 1. The summed E-state index contributed by atoms with van der Waals surface area (Å²) in [6.45, 7) is 3.29. The van der Waals surface area contributed by atoms with Crippen molar-refractivity contribution >= 4 is 45.1 Å². The topological polar surface area (TPSA) is 194 Å². The monoisotopic (exact) mass is 649 g/mol. The highest BCUT2D eigenvalue weighted by Crippen LogP contribution is 2.30. The number of carbonyl (C=O) groups excluding carboxylic acids is 1. The van der Waals surface area contributed by atoms with Gasteiger partial charge in [0.25, 0.3) is 5.91 Å². The lowest BCUT2D eigenvalue weighted by Gasteiger charge is -2.38. The molecule has 2 aliphatic heterocycles. The van der Waals surface area contributed by atoms with E-state index in [4.69, 9.17) is 27.8 Å². The number of anilines is 2. The third kappa shape index (κ3) is 6.30. The highest BCUT2D eigenvalue weighted by Gasteiger charge is 2.42. The molecule has 6 rings (SSSR count). The van der Waals surface area contributed by atoms with Crippen molar-refractivity contribution in [1.29, 1.82) is 0 Å². The Labute approximate surface area is 265 Å². The van der Waals surface area contributed by atoms with Gasteiger partial charge in [-0.15, -0.1) is 0 Å². The normalized spacial score (nSPS) is 16.3. The number of guanidine groups is 1. The fraction of sp³-hybridized carbons (Fsp3) is 0.267. The minimum absolute atomic E-state index is 0.0764. The third-order valence-electron chi connectivity index (χ3n) is 8.02. The highest BCUT2D eigenvalue weighted by molar-refractivity contribution is 7.89. The molecule has 0 atom stereocenters. The number of H-pyrrole nitrogens is 1. The lowest BCUT2D eigenvalue weighted by molar-refractivity contribution is 0.0971. The maximum Gasteiger partial charge on any atom is 0.280 e. The molecule has 2 aliphatic rings. The number of nitrogen functional groups attached to an aromatic ring is 2. The van der Waals surface area contributed by atoms with Gasteiger partial charge in [0.1, 0.15) is 12.4 Å². The van der Waals surface area contributed by atoms with E-state index in [0.29, 0.717) is 31.7 Å². The summed E-state index contributed by atoms with van der Waals surface area (Å²) in [4.78, 5) is 28.4. The van der Waals surface area contributed by atoms with Gasteiger partial charge in [0.15, 0.2) is 28.4 Å². The predicted octanol–water partition coefficient (Wildman–Crippen LogP) is 3.09. The van der Waals surface area contributed by atoms with E-state index in [0.717, 1.165) is 22.5 Å². The molecule has 1 spiro atoms. The molecule has 0 bridgehead atoms. The predicted molar refractivity (Wildman–Crippen MR) is 171 cm³/mol. The number of ether oxygens (including phenoxy) is 1. The van der Waals surface area contributed by atoms with Crippen LogP contribution in [0.3, 0.4) is 0 Å². The van der Waals surface area contributed by atoms with Gasteiger partial charge in [-0.25, -0.2) is 18.4 Å². The van der Waals surface area contributed by atoms with Crippen LogP contribution in [0.2, 0.25) is 5.15 Å². The first-order chi connectivity index (χ1) is 21.5. The number of nitrogens with one attached hydrogen (secondary N) is 3. The van der Waals surface area contributed by atoms with E-state index in [1.807, 2.05) is 37.3 Å². The first kappa shape index (κ1) is 30.4. The molecule has 1 saturated heterocycles. The number of amides is 1. The SMILES string of the molecule is Cc1[nH]c(-c2ccccc2)cc1COc1ccc(S(=O)(=O)N2CCC3(CC2)CN=C(NC(=O)c2nc(Cl)c(N)nc2N)N3)cc1. The summed E-state index contributed by atoms with van der Waals surface area (Å²) < 4.78 is 34.3. The molecule has 1 fully saturated rings. The molecule has 15 heteroatoms. The molecule has 234 valence electrons. The fourth-order valence-electron chi connectivity index (χ4n) is 5.39. The Morgan fingerprint density at radius 3 is 2.49 bits per heavy atom. The van der Waals surface area contributed by atoms with Crippen molar-refractivity contribution in [2.75, 3.05) is 31.1 Å². The van der Waals surface area contributed by atoms with Gasteiger partial charge < -0.3 is 26.5 Å².